The Balaban J connectivity index is 2.48. The largest absolute Gasteiger partial charge is 0.496 e. The second-order valence-corrected chi connectivity index (χ2v) is 3.37. The molecule has 1 heterocycles. The van der Waals surface area contributed by atoms with E-state index in [0.717, 1.165) is 22.4 Å². The van der Waals surface area contributed by atoms with Crippen LogP contribution in [0.4, 0.5) is 0 Å². The van der Waals surface area contributed by atoms with Crippen LogP contribution in [0.25, 0.3) is 0 Å². The molecular formula is C11H12O3. The minimum absolute atomic E-state index is 0.151. The zero-order chi connectivity index (χ0) is 10.1. The van der Waals surface area contributed by atoms with E-state index in [9.17, 15) is 4.79 Å². The van der Waals surface area contributed by atoms with Crippen molar-refractivity contribution in [1.29, 1.82) is 0 Å². The summed E-state index contributed by atoms with van der Waals surface area (Å²) in [5.74, 6) is 0.698. The molecule has 0 saturated carbocycles. The van der Waals surface area contributed by atoms with E-state index in [1.54, 1.807) is 7.11 Å². The molecule has 0 fully saturated rings. The Bertz CT molecular complexity index is 382. The molecule has 0 radical (unpaired) electrons. The van der Waals surface area contributed by atoms with Crippen molar-refractivity contribution in [1.82, 2.24) is 0 Å². The smallest absolute Gasteiger partial charge is 0.310 e. The first-order valence-corrected chi connectivity index (χ1v) is 4.53. The van der Waals surface area contributed by atoms with Gasteiger partial charge >= 0.3 is 5.97 Å². The number of esters is 1. The normalized spacial score (nSPS) is 14.6. The van der Waals surface area contributed by atoms with Gasteiger partial charge in [-0.25, -0.2) is 0 Å². The number of ether oxygens (including phenoxy) is 2. The Morgan fingerprint density at radius 1 is 1.43 bits per heavy atom. The van der Waals surface area contributed by atoms with Gasteiger partial charge in [-0.2, -0.15) is 0 Å². The number of carbonyl (C=O) groups excluding carboxylic acids is 1. The van der Waals surface area contributed by atoms with Gasteiger partial charge in [0.15, 0.2) is 0 Å². The third-order valence-electron chi connectivity index (χ3n) is 2.58. The molecule has 0 unspecified atom stereocenters. The highest BCUT2D eigenvalue weighted by Gasteiger charge is 2.19. The van der Waals surface area contributed by atoms with E-state index in [1.807, 2.05) is 19.1 Å². The summed E-state index contributed by atoms with van der Waals surface area (Å²) < 4.78 is 10.2. The van der Waals surface area contributed by atoms with Gasteiger partial charge < -0.3 is 9.47 Å². The topological polar surface area (TPSA) is 35.5 Å². The summed E-state index contributed by atoms with van der Waals surface area (Å²) in [4.78, 5) is 11.0. The van der Waals surface area contributed by atoms with Crippen LogP contribution in [0, 0.1) is 6.92 Å². The van der Waals surface area contributed by atoms with Crippen molar-refractivity contribution < 1.29 is 14.3 Å². The summed E-state index contributed by atoms with van der Waals surface area (Å²) in [7, 11) is 1.64. The summed E-state index contributed by atoms with van der Waals surface area (Å²) >= 11 is 0. The summed E-state index contributed by atoms with van der Waals surface area (Å²) in [5.41, 5.74) is 3.21. The first kappa shape index (κ1) is 9.06. The summed E-state index contributed by atoms with van der Waals surface area (Å²) in [6.07, 6.45) is 0.375. The average molecular weight is 192 g/mol. The monoisotopic (exact) mass is 192 g/mol. The predicted octanol–water partition coefficient (Wildman–Crippen LogP) is 1.60. The molecule has 0 spiro atoms. The lowest BCUT2D eigenvalue weighted by Gasteiger charge is -2.19. The fourth-order valence-electron chi connectivity index (χ4n) is 1.74. The SMILES string of the molecule is COc1ccc2c(c1C)COC(=O)C2. The van der Waals surface area contributed by atoms with Crippen molar-refractivity contribution in [3.63, 3.8) is 0 Å². The van der Waals surface area contributed by atoms with Gasteiger partial charge in [-0.1, -0.05) is 6.07 Å². The lowest BCUT2D eigenvalue weighted by molar-refractivity contribution is -0.145. The molecule has 1 aliphatic heterocycles. The first-order chi connectivity index (χ1) is 6.72. The highest BCUT2D eigenvalue weighted by Crippen LogP contribution is 2.28. The highest BCUT2D eigenvalue weighted by molar-refractivity contribution is 5.75. The van der Waals surface area contributed by atoms with Crippen LogP contribution < -0.4 is 4.74 Å². The fraction of sp³-hybridized carbons (Fsp3) is 0.364. The van der Waals surface area contributed by atoms with E-state index in [4.69, 9.17) is 9.47 Å². The van der Waals surface area contributed by atoms with Gasteiger partial charge in [0.2, 0.25) is 0 Å². The number of carbonyl (C=O) groups is 1. The number of benzene rings is 1. The molecular weight excluding hydrogens is 180 g/mol. The zero-order valence-electron chi connectivity index (χ0n) is 8.29. The molecule has 1 aromatic rings. The van der Waals surface area contributed by atoms with Gasteiger partial charge in [0.25, 0.3) is 0 Å². The minimum Gasteiger partial charge on any atom is -0.496 e. The van der Waals surface area contributed by atoms with Crippen LogP contribution in [0.3, 0.4) is 0 Å². The van der Waals surface area contributed by atoms with Gasteiger partial charge in [0.1, 0.15) is 12.4 Å². The van der Waals surface area contributed by atoms with Crippen molar-refractivity contribution >= 4 is 5.97 Å². The van der Waals surface area contributed by atoms with E-state index in [1.165, 1.54) is 0 Å². The number of hydrogen-bond donors (Lipinski definition) is 0. The van der Waals surface area contributed by atoms with Crippen LogP contribution in [-0.2, 0) is 22.6 Å². The molecule has 3 heteroatoms. The lowest BCUT2D eigenvalue weighted by atomic mass is 9.97. The van der Waals surface area contributed by atoms with Crippen LogP contribution in [0.1, 0.15) is 16.7 Å². The number of fused-ring (bicyclic) bond motifs is 1. The zero-order valence-corrected chi connectivity index (χ0v) is 8.29. The van der Waals surface area contributed by atoms with Crippen LogP contribution in [0.2, 0.25) is 0 Å². The van der Waals surface area contributed by atoms with Crippen LogP contribution in [-0.4, -0.2) is 13.1 Å². The van der Waals surface area contributed by atoms with Gasteiger partial charge in [-0.15, -0.1) is 0 Å². The molecule has 0 N–H and O–H groups in total. The molecule has 74 valence electrons. The lowest BCUT2D eigenvalue weighted by Crippen LogP contribution is -2.17. The molecule has 0 aromatic heterocycles. The number of cyclic esters (lactones) is 1. The number of hydrogen-bond acceptors (Lipinski definition) is 3. The van der Waals surface area contributed by atoms with Crippen LogP contribution in [0.15, 0.2) is 12.1 Å². The fourth-order valence-corrected chi connectivity index (χ4v) is 1.74. The number of methoxy groups -OCH3 is 1. The van der Waals surface area contributed by atoms with Gasteiger partial charge in [0.05, 0.1) is 13.5 Å². The first-order valence-electron chi connectivity index (χ1n) is 4.53. The van der Waals surface area contributed by atoms with Gasteiger partial charge in [0, 0.05) is 0 Å². The maximum absolute atomic E-state index is 11.0. The predicted molar refractivity (Wildman–Crippen MR) is 51.2 cm³/mol. The molecule has 2 rings (SSSR count). The average Bonchev–Trinajstić information content (AvgIpc) is 2.18. The van der Waals surface area contributed by atoms with E-state index < -0.39 is 0 Å². The summed E-state index contributed by atoms with van der Waals surface area (Å²) in [5, 5.41) is 0. The molecule has 0 saturated heterocycles. The van der Waals surface area contributed by atoms with Crippen LogP contribution >= 0.6 is 0 Å². The summed E-state index contributed by atoms with van der Waals surface area (Å²) in [6.45, 7) is 2.36. The number of rotatable bonds is 1. The minimum atomic E-state index is -0.151. The maximum Gasteiger partial charge on any atom is 0.310 e. The van der Waals surface area contributed by atoms with Crippen molar-refractivity contribution in [2.24, 2.45) is 0 Å². The van der Waals surface area contributed by atoms with Crippen molar-refractivity contribution in [3.8, 4) is 5.75 Å². The molecule has 0 bridgehead atoms. The summed E-state index contributed by atoms with van der Waals surface area (Å²) in [6, 6.07) is 3.83. The highest BCUT2D eigenvalue weighted by atomic mass is 16.5. The van der Waals surface area contributed by atoms with E-state index in [-0.39, 0.29) is 5.97 Å². The molecule has 3 nitrogen and oxygen atoms in total. The van der Waals surface area contributed by atoms with Crippen molar-refractivity contribution in [2.75, 3.05) is 7.11 Å². The second kappa shape index (κ2) is 3.33. The maximum atomic E-state index is 11.0. The van der Waals surface area contributed by atoms with Gasteiger partial charge in [-0.05, 0) is 29.7 Å². The Morgan fingerprint density at radius 3 is 2.93 bits per heavy atom. The van der Waals surface area contributed by atoms with E-state index >= 15 is 0 Å². The molecule has 0 amide bonds. The third kappa shape index (κ3) is 1.35. The molecule has 1 aliphatic rings. The van der Waals surface area contributed by atoms with Crippen LogP contribution in [0.5, 0.6) is 5.75 Å². The van der Waals surface area contributed by atoms with Gasteiger partial charge in [-0.3, -0.25) is 4.79 Å². The molecule has 0 aliphatic carbocycles. The quantitative estimate of drug-likeness (QED) is 0.634. The molecule has 0 atom stereocenters. The van der Waals surface area contributed by atoms with Crippen molar-refractivity contribution in [3.05, 3.63) is 28.8 Å². The third-order valence-corrected chi connectivity index (χ3v) is 2.58. The molecule has 14 heavy (non-hydrogen) atoms. The molecule has 1 aromatic carbocycles. The van der Waals surface area contributed by atoms with E-state index in [0.29, 0.717) is 13.0 Å². The Hall–Kier alpha value is -1.51. The Labute approximate surface area is 82.6 Å². The van der Waals surface area contributed by atoms with Crippen molar-refractivity contribution in [2.45, 2.75) is 20.0 Å². The Morgan fingerprint density at radius 2 is 2.21 bits per heavy atom. The standard InChI is InChI=1S/C11H12O3/c1-7-9-6-14-11(12)5-8(9)3-4-10(7)13-2/h3-4H,5-6H2,1-2H3. The Kier molecular flexibility index (Phi) is 2.15. The second-order valence-electron chi connectivity index (χ2n) is 3.37. The van der Waals surface area contributed by atoms with E-state index in [2.05, 4.69) is 0 Å².